The zero-order valence-corrected chi connectivity index (χ0v) is 25.1. The van der Waals surface area contributed by atoms with Crippen LogP contribution in [0.2, 0.25) is 0 Å². The highest BCUT2D eigenvalue weighted by atomic mass is 16.4. The summed E-state index contributed by atoms with van der Waals surface area (Å²) in [6.07, 6.45) is 26.8. The second kappa shape index (κ2) is 26.3. The molecule has 0 aromatic rings. The molecule has 7 nitrogen and oxygen atoms in total. The fourth-order valence-corrected chi connectivity index (χ4v) is 5.42. The molecule has 0 amide bonds. The van der Waals surface area contributed by atoms with Crippen LogP contribution in [-0.4, -0.2) is 63.9 Å². The van der Waals surface area contributed by atoms with Gasteiger partial charge >= 0.3 is 17.9 Å². The molecule has 0 spiro atoms. The van der Waals surface area contributed by atoms with Crippen LogP contribution < -0.4 is 0 Å². The van der Waals surface area contributed by atoms with Gasteiger partial charge in [-0.05, 0) is 38.5 Å². The van der Waals surface area contributed by atoms with Gasteiger partial charge in [0.25, 0.3) is 0 Å². The van der Waals surface area contributed by atoms with E-state index in [1.54, 1.807) is 0 Å². The molecule has 0 unspecified atom stereocenters. The number of hydrogen-bond acceptors (Lipinski definition) is 3. The average Bonchev–Trinajstić information content (AvgIpc) is 2.87. The topological polar surface area (TPSA) is 112 Å². The van der Waals surface area contributed by atoms with Crippen molar-refractivity contribution in [3.05, 3.63) is 12.2 Å². The molecule has 7 heteroatoms. The summed E-state index contributed by atoms with van der Waals surface area (Å²) in [5, 5.41) is 27.2. The minimum absolute atomic E-state index is 0.0887. The van der Waals surface area contributed by atoms with E-state index in [1.807, 2.05) is 0 Å². The molecule has 0 aliphatic rings. The molecule has 0 fully saturated rings. The number of carbonyl (C=O) groups is 3. The van der Waals surface area contributed by atoms with Crippen LogP contribution in [0.5, 0.6) is 0 Å². The molecule has 0 saturated carbocycles. The maximum Gasteiger partial charge on any atom is 0.303 e. The zero-order chi connectivity index (χ0) is 29.0. The lowest BCUT2D eigenvalue weighted by Crippen LogP contribution is -2.51. The summed E-state index contributed by atoms with van der Waals surface area (Å²) in [5.74, 6) is -2.48. The maximum atomic E-state index is 11.1. The summed E-state index contributed by atoms with van der Waals surface area (Å²) < 4.78 is 0.636. The van der Waals surface area contributed by atoms with Crippen molar-refractivity contribution in [1.82, 2.24) is 0 Å². The van der Waals surface area contributed by atoms with Crippen LogP contribution in [0.25, 0.3) is 0 Å². The van der Waals surface area contributed by atoms with E-state index in [0.29, 0.717) is 43.4 Å². The van der Waals surface area contributed by atoms with E-state index in [2.05, 4.69) is 19.1 Å². The monoisotopic (exact) mass is 554 g/mol. The summed E-state index contributed by atoms with van der Waals surface area (Å²) in [6.45, 7) is 5.11. The van der Waals surface area contributed by atoms with E-state index in [9.17, 15) is 14.4 Å². The fraction of sp³-hybridized carbons (Fsp3) is 0.844. The van der Waals surface area contributed by atoms with Crippen LogP contribution >= 0.6 is 0 Å². The third-order valence-corrected chi connectivity index (χ3v) is 7.71. The second-order valence-electron chi connectivity index (χ2n) is 11.4. The molecule has 228 valence electrons. The molecule has 0 atom stereocenters. The third-order valence-electron chi connectivity index (χ3n) is 7.71. The van der Waals surface area contributed by atoms with Gasteiger partial charge in [-0.3, -0.25) is 14.4 Å². The maximum absolute atomic E-state index is 11.1. The lowest BCUT2D eigenvalue weighted by Gasteiger charge is -2.39. The Kier molecular flexibility index (Phi) is 25.1. The summed E-state index contributed by atoms with van der Waals surface area (Å²) in [7, 11) is 0. The van der Waals surface area contributed by atoms with Crippen molar-refractivity contribution in [2.75, 3.05) is 26.2 Å². The van der Waals surface area contributed by atoms with E-state index in [4.69, 9.17) is 15.3 Å². The molecule has 0 aromatic carbocycles. The summed E-state index contributed by atoms with van der Waals surface area (Å²) in [4.78, 5) is 33.2. The van der Waals surface area contributed by atoms with Crippen molar-refractivity contribution >= 4 is 17.9 Å². The van der Waals surface area contributed by atoms with Crippen molar-refractivity contribution in [1.29, 1.82) is 0 Å². The number of quaternary nitrogens is 1. The first-order valence-electron chi connectivity index (χ1n) is 16.0. The molecule has 3 N–H and O–H groups in total. The van der Waals surface area contributed by atoms with Crippen LogP contribution in [-0.2, 0) is 14.4 Å². The van der Waals surface area contributed by atoms with Crippen LogP contribution in [0.4, 0.5) is 0 Å². The molecular weight excluding hydrogens is 494 g/mol. The smallest absolute Gasteiger partial charge is 0.303 e. The van der Waals surface area contributed by atoms with E-state index < -0.39 is 17.9 Å². The van der Waals surface area contributed by atoms with Crippen molar-refractivity contribution in [3.63, 3.8) is 0 Å². The molecule has 0 bridgehead atoms. The van der Waals surface area contributed by atoms with Crippen LogP contribution in [0.3, 0.4) is 0 Å². The first kappa shape index (κ1) is 37.1. The van der Waals surface area contributed by atoms with E-state index >= 15 is 0 Å². The summed E-state index contributed by atoms with van der Waals surface area (Å²) >= 11 is 0. The highest BCUT2D eigenvalue weighted by Crippen LogP contribution is 2.18. The normalized spacial score (nSPS) is 11.8. The summed E-state index contributed by atoms with van der Waals surface area (Å²) in [5.41, 5.74) is 0. The Bertz CT molecular complexity index is 598. The highest BCUT2D eigenvalue weighted by molar-refractivity contribution is 5.67. The van der Waals surface area contributed by atoms with Gasteiger partial charge in [0.2, 0.25) is 0 Å². The minimum atomic E-state index is -0.827. The number of aliphatic carboxylic acids is 3. The Hall–Kier alpha value is -1.89. The Morgan fingerprint density at radius 2 is 0.769 bits per heavy atom. The first-order valence-corrected chi connectivity index (χ1v) is 16.0. The quantitative estimate of drug-likeness (QED) is 0.0468. The first-order chi connectivity index (χ1) is 18.8. The molecule has 0 saturated heterocycles. The SMILES string of the molecule is CCCCCCCCCC/C=C/CCCCCCCC[N+](CCCC(=O)O)(CCCC(=O)O)CCCC(=O)O. The van der Waals surface area contributed by atoms with E-state index in [-0.39, 0.29) is 19.3 Å². The van der Waals surface area contributed by atoms with Gasteiger partial charge in [0.05, 0.1) is 45.4 Å². The van der Waals surface area contributed by atoms with Gasteiger partial charge in [-0.1, -0.05) is 83.3 Å². The van der Waals surface area contributed by atoms with Crippen molar-refractivity contribution in [2.45, 2.75) is 148 Å². The Balaban J connectivity index is 4.21. The number of rotatable bonds is 30. The van der Waals surface area contributed by atoms with Crippen LogP contribution in [0, 0.1) is 0 Å². The molecule has 0 heterocycles. The van der Waals surface area contributed by atoms with E-state index in [1.165, 1.54) is 83.5 Å². The molecule has 0 aromatic heterocycles. The number of allylic oxidation sites excluding steroid dienone is 2. The fourth-order valence-electron chi connectivity index (χ4n) is 5.42. The number of carboxylic acid groups (broad SMARTS) is 3. The van der Waals surface area contributed by atoms with Crippen molar-refractivity contribution in [2.24, 2.45) is 0 Å². The standard InChI is InChI=1S/C32H59NO6/c1-2-3-4-5-6-7-8-9-10-11-12-13-14-15-16-17-18-19-26-33(27-20-23-30(34)35,28-21-24-31(36)37)29-22-25-32(38)39/h11-12H,2-10,13-29H2,1H3,(H2-,34,35,36,37,38,39)/p+1/b12-11+. The van der Waals surface area contributed by atoms with E-state index in [0.717, 1.165) is 25.8 Å². The predicted octanol–water partition coefficient (Wildman–Crippen LogP) is 8.22. The number of nitrogens with zero attached hydrogens (tertiary/aromatic N) is 1. The number of carboxylic acids is 3. The van der Waals surface area contributed by atoms with Gasteiger partial charge < -0.3 is 19.8 Å². The third kappa shape index (κ3) is 26.1. The zero-order valence-electron chi connectivity index (χ0n) is 25.1. The van der Waals surface area contributed by atoms with Crippen molar-refractivity contribution < 1.29 is 34.2 Å². The highest BCUT2D eigenvalue weighted by Gasteiger charge is 2.27. The van der Waals surface area contributed by atoms with Crippen LogP contribution in [0.1, 0.15) is 148 Å². The molecular formula is C32H60NO6+. The lowest BCUT2D eigenvalue weighted by atomic mass is 10.1. The Morgan fingerprint density at radius 3 is 1.13 bits per heavy atom. The van der Waals surface area contributed by atoms with Gasteiger partial charge in [-0.25, -0.2) is 0 Å². The lowest BCUT2D eigenvalue weighted by molar-refractivity contribution is -0.929. The molecule has 0 rings (SSSR count). The van der Waals surface area contributed by atoms with Crippen LogP contribution in [0.15, 0.2) is 12.2 Å². The summed E-state index contributed by atoms with van der Waals surface area (Å²) in [6, 6.07) is 0. The minimum Gasteiger partial charge on any atom is -0.481 e. The number of unbranched alkanes of at least 4 members (excludes halogenated alkanes) is 14. The van der Waals surface area contributed by atoms with Gasteiger partial charge in [-0.2, -0.15) is 0 Å². The molecule has 0 radical (unpaired) electrons. The number of hydrogen-bond donors (Lipinski definition) is 3. The Morgan fingerprint density at radius 1 is 0.462 bits per heavy atom. The Labute approximate surface area is 238 Å². The average molecular weight is 555 g/mol. The molecule has 39 heavy (non-hydrogen) atoms. The molecule has 0 aliphatic carbocycles. The predicted molar refractivity (Wildman–Crippen MR) is 159 cm³/mol. The van der Waals surface area contributed by atoms with Gasteiger partial charge in [0, 0.05) is 19.3 Å². The van der Waals surface area contributed by atoms with Gasteiger partial charge in [0.1, 0.15) is 0 Å². The van der Waals surface area contributed by atoms with Gasteiger partial charge in [-0.15, -0.1) is 0 Å². The second-order valence-corrected chi connectivity index (χ2v) is 11.4. The van der Waals surface area contributed by atoms with Gasteiger partial charge in [0.15, 0.2) is 0 Å². The van der Waals surface area contributed by atoms with Crippen molar-refractivity contribution in [3.8, 4) is 0 Å². The largest absolute Gasteiger partial charge is 0.481 e. The molecule has 0 aliphatic heterocycles.